The van der Waals surface area contributed by atoms with Gasteiger partial charge < -0.3 is 19.3 Å². The van der Waals surface area contributed by atoms with Gasteiger partial charge in [0.15, 0.2) is 6.10 Å². The Morgan fingerprint density at radius 1 is 0.804 bits per heavy atom. The van der Waals surface area contributed by atoms with Crippen LogP contribution in [0.25, 0.3) is 0 Å². The highest BCUT2D eigenvalue weighted by molar-refractivity contribution is 5.72. The van der Waals surface area contributed by atoms with Crippen molar-refractivity contribution in [2.75, 3.05) is 32.9 Å². The Balaban J connectivity index is 3.25. The van der Waals surface area contributed by atoms with Crippen LogP contribution in [-0.4, -0.2) is 96.9 Å². The molecule has 20 heteroatoms. The van der Waals surface area contributed by atoms with Crippen LogP contribution in [0.5, 0.6) is 5.75 Å². The Morgan fingerprint density at radius 2 is 1.30 bits per heavy atom. The van der Waals surface area contributed by atoms with E-state index in [-0.39, 0.29) is 18.8 Å². The molecule has 1 amide bonds. The van der Waals surface area contributed by atoms with Crippen molar-refractivity contribution in [1.29, 1.82) is 0 Å². The Morgan fingerprint density at radius 3 is 1.74 bits per heavy atom. The van der Waals surface area contributed by atoms with E-state index in [1.165, 1.54) is 45.0 Å². The normalized spacial score (nSPS) is 14.5. The lowest BCUT2D eigenvalue weighted by Crippen LogP contribution is -2.71. The molecule has 266 valence electrons. The van der Waals surface area contributed by atoms with Gasteiger partial charge in [-0.05, 0) is 30.0 Å². The Kier molecular flexibility index (Phi) is 12.7. The molecule has 0 saturated carbocycles. The average molecular weight is 700 g/mol. The van der Waals surface area contributed by atoms with Gasteiger partial charge >= 0.3 is 47.9 Å². The van der Waals surface area contributed by atoms with E-state index in [2.05, 4.69) is 4.74 Å². The molecule has 0 saturated heterocycles. The third kappa shape index (κ3) is 9.21. The second-order valence-corrected chi connectivity index (χ2v) is 11.0. The molecule has 1 unspecified atom stereocenters. The topological polar surface area (TPSA) is 85.3 Å². The van der Waals surface area contributed by atoms with Gasteiger partial charge in [0.05, 0.1) is 19.7 Å². The first kappa shape index (κ1) is 40.8. The zero-order valence-corrected chi connectivity index (χ0v) is 24.5. The Hall–Kier alpha value is -3.19. The van der Waals surface area contributed by atoms with E-state index in [9.17, 15) is 66.7 Å². The van der Waals surface area contributed by atoms with Crippen molar-refractivity contribution in [3.05, 3.63) is 29.8 Å². The summed E-state index contributed by atoms with van der Waals surface area (Å²) in [4.78, 5) is 23.2. The predicted molar refractivity (Wildman–Crippen MR) is 132 cm³/mol. The number of alkyl halides is 13. The first-order valence-electron chi connectivity index (χ1n) is 13.0. The van der Waals surface area contributed by atoms with E-state index >= 15 is 0 Å². The van der Waals surface area contributed by atoms with Crippen LogP contribution in [0.15, 0.2) is 24.3 Å². The number of ether oxygens (including phenoxy) is 3. The first-order chi connectivity index (χ1) is 20.6. The van der Waals surface area contributed by atoms with Crippen LogP contribution in [0.1, 0.15) is 33.3 Å². The van der Waals surface area contributed by atoms with Gasteiger partial charge in [-0.15, -0.1) is 0 Å². The van der Waals surface area contributed by atoms with Gasteiger partial charge in [0.25, 0.3) is 0 Å². The van der Waals surface area contributed by atoms with Crippen LogP contribution in [0.4, 0.5) is 61.9 Å². The minimum absolute atomic E-state index is 0.0813. The first-order valence-corrected chi connectivity index (χ1v) is 13.0. The minimum atomic E-state index is -8.08. The van der Waals surface area contributed by atoms with E-state index in [0.717, 1.165) is 0 Å². The molecule has 0 aliphatic carbocycles. The number of nitrogens with zero attached hydrogens (tertiary/aromatic N) is 1. The molecule has 46 heavy (non-hydrogen) atoms. The quantitative estimate of drug-likeness (QED) is 0.182. The molecule has 0 aliphatic heterocycles. The van der Waals surface area contributed by atoms with Crippen molar-refractivity contribution in [2.45, 2.75) is 76.0 Å². The van der Waals surface area contributed by atoms with Gasteiger partial charge in [0.2, 0.25) is 0 Å². The average Bonchev–Trinajstić information content (AvgIpc) is 2.90. The number of benzene rings is 1. The van der Waals surface area contributed by atoms with Crippen LogP contribution in [0, 0.1) is 5.41 Å². The highest BCUT2D eigenvalue weighted by Crippen LogP contribution is 2.60. The van der Waals surface area contributed by atoms with Crippen molar-refractivity contribution in [1.82, 2.24) is 4.90 Å². The number of halogens is 13. The van der Waals surface area contributed by atoms with Crippen molar-refractivity contribution < 1.29 is 86.0 Å². The highest BCUT2D eigenvalue weighted by atomic mass is 19.4. The fourth-order valence-corrected chi connectivity index (χ4v) is 3.37. The third-order valence-corrected chi connectivity index (χ3v) is 5.89. The predicted octanol–water partition coefficient (Wildman–Crippen LogP) is 7.32. The number of carbonyl (C=O) groups is 2. The van der Waals surface area contributed by atoms with E-state index in [1.54, 1.807) is 6.92 Å². The molecular formula is C26H30F13NO6. The van der Waals surface area contributed by atoms with E-state index in [4.69, 9.17) is 14.6 Å². The molecular weight excluding hydrogens is 669 g/mol. The number of aliphatic carboxylic acids is 1. The second kappa shape index (κ2) is 14.3. The van der Waals surface area contributed by atoms with Crippen LogP contribution in [0.2, 0.25) is 0 Å². The zero-order chi connectivity index (χ0) is 36.2. The Labute approximate surface area is 253 Å². The summed E-state index contributed by atoms with van der Waals surface area (Å²) in [6, 6.07) is 5.12. The number of hydrogen-bond donors (Lipinski definition) is 1. The summed E-state index contributed by atoms with van der Waals surface area (Å²) in [7, 11) is 0. The van der Waals surface area contributed by atoms with Crippen LogP contribution in [-0.2, 0) is 20.7 Å². The molecule has 0 aliphatic rings. The summed E-state index contributed by atoms with van der Waals surface area (Å²) in [5, 5.41) is 9.15. The largest absolute Gasteiger partial charge is 0.492 e. The lowest BCUT2D eigenvalue weighted by atomic mass is 9.93. The summed E-state index contributed by atoms with van der Waals surface area (Å²) in [6.07, 6.45) is -10.8. The van der Waals surface area contributed by atoms with E-state index in [0.29, 0.717) is 5.56 Å². The van der Waals surface area contributed by atoms with Gasteiger partial charge in [-0.2, -0.15) is 57.1 Å². The number of carbonyl (C=O) groups excluding carboxylic acids is 1. The summed E-state index contributed by atoms with van der Waals surface area (Å²) in [5.41, 5.74) is -0.483. The minimum Gasteiger partial charge on any atom is -0.492 e. The van der Waals surface area contributed by atoms with Crippen molar-refractivity contribution in [2.24, 2.45) is 5.41 Å². The maximum atomic E-state index is 14.6. The van der Waals surface area contributed by atoms with Gasteiger partial charge in [-0.25, -0.2) is 9.59 Å². The molecule has 1 aromatic rings. The standard InChI is InChI=1S/C26H30F13NO6/c1-5-44-17(18(41)42)12-15-6-8-16(9-7-15)45-11-10-40(19(43)46-14-20(2,3)4)13-21(27,28)22(29,30)23(31,32)24(33,34)25(35,36)26(37,38)39/h6-9,17H,5,10-14H2,1-4H3,(H,41,42). The summed E-state index contributed by atoms with van der Waals surface area (Å²) >= 11 is 0. The zero-order valence-electron chi connectivity index (χ0n) is 24.5. The molecule has 1 atom stereocenters. The molecule has 1 rings (SSSR count). The third-order valence-electron chi connectivity index (χ3n) is 5.89. The van der Waals surface area contributed by atoms with Crippen LogP contribution in [0.3, 0.4) is 0 Å². The van der Waals surface area contributed by atoms with Gasteiger partial charge in [-0.3, -0.25) is 4.90 Å². The number of amides is 1. The molecule has 0 spiro atoms. The smallest absolute Gasteiger partial charge is 0.460 e. The number of carboxylic acid groups (broad SMARTS) is 1. The SMILES string of the molecule is CCOC(Cc1ccc(OCCN(CC(F)(F)C(F)(F)C(F)(F)C(F)(F)C(F)(F)C(F)(F)F)C(=O)OCC(C)(C)C)cc1)C(=O)O. The molecule has 0 aromatic heterocycles. The summed E-state index contributed by atoms with van der Waals surface area (Å²) < 4.78 is 191. The molecule has 1 aromatic carbocycles. The van der Waals surface area contributed by atoms with Crippen LogP contribution >= 0.6 is 0 Å². The molecule has 0 fully saturated rings. The lowest BCUT2D eigenvalue weighted by molar-refractivity contribution is -0.440. The van der Waals surface area contributed by atoms with E-state index in [1.807, 2.05) is 0 Å². The van der Waals surface area contributed by atoms with Gasteiger partial charge in [-0.1, -0.05) is 32.9 Å². The Bertz CT molecular complexity index is 1170. The van der Waals surface area contributed by atoms with Crippen molar-refractivity contribution >= 4 is 12.1 Å². The summed E-state index contributed by atoms with van der Waals surface area (Å²) in [6.45, 7) is 0.352. The highest BCUT2D eigenvalue weighted by Gasteiger charge is 2.90. The molecule has 0 bridgehead atoms. The molecule has 7 nitrogen and oxygen atoms in total. The van der Waals surface area contributed by atoms with E-state index < -0.39 is 90.6 Å². The molecule has 0 radical (unpaired) electrons. The number of rotatable bonds is 16. The fraction of sp³-hybridized carbons (Fsp3) is 0.692. The molecule has 0 heterocycles. The van der Waals surface area contributed by atoms with Crippen LogP contribution < -0.4 is 4.74 Å². The van der Waals surface area contributed by atoms with Gasteiger partial charge in [0, 0.05) is 13.0 Å². The lowest BCUT2D eigenvalue weighted by Gasteiger charge is -2.40. The second-order valence-electron chi connectivity index (χ2n) is 11.0. The van der Waals surface area contributed by atoms with Crippen molar-refractivity contribution in [3.8, 4) is 5.75 Å². The fourth-order valence-electron chi connectivity index (χ4n) is 3.37. The molecule has 1 N–H and O–H groups in total. The monoisotopic (exact) mass is 699 g/mol. The number of hydrogen-bond acceptors (Lipinski definition) is 5. The number of carboxylic acids is 1. The maximum Gasteiger partial charge on any atom is 0.460 e. The van der Waals surface area contributed by atoms with Crippen molar-refractivity contribution in [3.63, 3.8) is 0 Å². The maximum absolute atomic E-state index is 14.6. The summed E-state index contributed by atoms with van der Waals surface area (Å²) in [5.74, 6) is -39.5. The van der Waals surface area contributed by atoms with Gasteiger partial charge in [0.1, 0.15) is 12.4 Å².